The standard InChI is InChI=1S/C29H32N2O3/c1-20(29(33)34)17-25(18-21-11-13-23(14-12-21)22-7-3-2-4-8-22)31-28(32)16-15-24-19-30-27-10-6-5-9-26(24)27/h2-14,20,24-25,30H,15-19H2,1H3,(H,31,32)(H,33,34)/t20-,24?,25+/m1/s1. The number of para-hydroxylation sites is 1. The van der Waals surface area contributed by atoms with Crippen LogP contribution >= 0.6 is 0 Å². The lowest BCUT2D eigenvalue weighted by molar-refractivity contribution is -0.141. The number of carboxylic acid groups (broad SMARTS) is 1. The maximum atomic E-state index is 12.8. The molecule has 0 bridgehead atoms. The van der Waals surface area contributed by atoms with Crippen molar-refractivity contribution >= 4 is 17.6 Å². The maximum Gasteiger partial charge on any atom is 0.306 e. The van der Waals surface area contributed by atoms with E-state index in [2.05, 4.69) is 59.2 Å². The molecule has 5 heteroatoms. The summed E-state index contributed by atoms with van der Waals surface area (Å²) in [4.78, 5) is 24.3. The normalized spacial score (nSPS) is 16.2. The predicted molar refractivity (Wildman–Crippen MR) is 136 cm³/mol. The first kappa shape index (κ1) is 23.6. The summed E-state index contributed by atoms with van der Waals surface area (Å²) in [6, 6.07) is 26.5. The zero-order valence-corrected chi connectivity index (χ0v) is 19.5. The minimum atomic E-state index is -0.840. The Morgan fingerprint density at radius 2 is 1.65 bits per heavy atom. The lowest BCUT2D eigenvalue weighted by Gasteiger charge is -2.21. The molecule has 3 N–H and O–H groups in total. The number of amides is 1. The van der Waals surface area contributed by atoms with E-state index < -0.39 is 11.9 Å². The van der Waals surface area contributed by atoms with E-state index in [1.54, 1.807) is 6.92 Å². The van der Waals surface area contributed by atoms with Crippen molar-refractivity contribution in [3.8, 4) is 11.1 Å². The number of anilines is 1. The molecule has 34 heavy (non-hydrogen) atoms. The van der Waals surface area contributed by atoms with Gasteiger partial charge in [-0.25, -0.2) is 0 Å². The van der Waals surface area contributed by atoms with Gasteiger partial charge in [0.2, 0.25) is 5.91 Å². The number of nitrogens with one attached hydrogen (secondary N) is 2. The molecule has 0 saturated heterocycles. The largest absolute Gasteiger partial charge is 0.481 e. The van der Waals surface area contributed by atoms with Gasteiger partial charge in [0.15, 0.2) is 0 Å². The molecule has 4 rings (SSSR count). The maximum absolute atomic E-state index is 12.8. The van der Waals surface area contributed by atoms with Crippen LogP contribution in [0.2, 0.25) is 0 Å². The van der Waals surface area contributed by atoms with Gasteiger partial charge in [-0.2, -0.15) is 0 Å². The molecule has 1 heterocycles. The summed E-state index contributed by atoms with van der Waals surface area (Å²) < 4.78 is 0. The van der Waals surface area contributed by atoms with Crippen molar-refractivity contribution in [1.29, 1.82) is 0 Å². The molecule has 3 aromatic carbocycles. The average molecular weight is 457 g/mol. The first-order valence-corrected chi connectivity index (χ1v) is 12.0. The molecule has 0 aromatic heterocycles. The Morgan fingerprint density at radius 3 is 2.38 bits per heavy atom. The van der Waals surface area contributed by atoms with Crippen LogP contribution in [0, 0.1) is 5.92 Å². The molecule has 0 saturated carbocycles. The van der Waals surface area contributed by atoms with E-state index in [1.165, 1.54) is 5.56 Å². The number of hydrogen-bond acceptors (Lipinski definition) is 3. The van der Waals surface area contributed by atoms with Gasteiger partial charge in [-0.1, -0.05) is 79.7 Å². The molecule has 3 aromatic rings. The fourth-order valence-corrected chi connectivity index (χ4v) is 4.69. The molecule has 0 radical (unpaired) electrons. The summed E-state index contributed by atoms with van der Waals surface area (Å²) in [5, 5.41) is 15.9. The average Bonchev–Trinajstić information content (AvgIpc) is 3.27. The van der Waals surface area contributed by atoms with Gasteiger partial charge in [-0.3, -0.25) is 9.59 Å². The first-order valence-electron chi connectivity index (χ1n) is 12.0. The van der Waals surface area contributed by atoms with Crippen LogP contribution < -0.4 is 10.6 Å². The van der Waals surface area contributed by atoms with Crippen LogP contribution in [0.25, 0.3) is 11.1 Å². The highest BCUT2D eigenvalue weighted by Crippen LogP contribution is 2.33. The van der Waals surface area contributed by atoms with Crippen LogP contribution in [0.5, 0.6) is 0 Å². The molecular formula is C29H32N2O3. The Morgan fingerprint density at radius 1 is 0.971 bits per heavy atom. The van der Waals surface area contributed by atoms with E-state index >= 15 is 0 Å². The summed E-state index contributed by atoms with van der Waals surface area (Å²) in [6.07, 6.45) is 2.19. The molecule has 5 nitrogen and oxygen atoms in total. The van der Waals surface area contributed by atoms with E-state index in [4.69, 9.17) is 0 Å². The fraction of sp³-hybridized carbons (Fsp3) is 0.310. The Balaban J connectivity index is 1.37. The first-order chi connectivity index (χ1) is 16.5. The lowest BCUT2D eigenvalue weighted by Crippen LogP contribution is -2.38. The van der Waals surface area contributed by atoms with Gasteiger partial charge < -0.3 is 15.7 Å². The Kier molecular flexibility index (Phi) is 7.63. The number of aliphatic carboxylic acids is 1. The van der Waals surface area contributed by atoms with Gasteiger partial charge in [-0.05, 0) is 47.6 Å². The molecule has 0 aliphatic carbocycles. The smallest absolute Gasteiger partial charge is 0.306 e. The van der Waals surface area contributed by atoms with Crippen LogP contribution in [-0.4, -0.2) is 29.6 Å². The molecular weight excluding hydrogens is 424 g/mol. The van der Waals surface area contributed by atoms with E-state index in [1.807, 2.05) is 30.3 Å². The van der Waals surface area contributed by atoms with Crippen LogP contribution in [0.3, 0.4) is 0 Å². The number of fused-ring (bicyclic) bond motifs is 1. The van der Waals surface area contributed by atoms with Gasteiger partial charge in [0.1, 0.15) is 0 Å². The summed E-state index contributed by atoms with van der Waals surface area (Å²) in [7, 11) is 0. The third kappa shape index (κ3) is 6.04. The summed E-state index contributed by atoms with van der Waals surface area (Å²) >= 11 is 0. The van der Waals surface area contributed by atoms with Gasteiger partial charge in [-0.15, -0.1) is 0 Å². The molecule has 1 unspecified atom stereocenters. The van der Waals surface area contributed by atoms with Gasteiger partial charge in [0.25, 0.3) is 0 Å². The number of carboxylic acids is 1. The summed E-state index contributed by atoms with van der Waals surface area (Å²) in [5.41, 5.74) is 5.79. The highest BCUT2D eigenvalue weighted by Gasteiger charge is 2.24. The molecule has 176 valence electrons. The van der Waals surface area contributed by atoms with Crippen LogP contribution in [0.4, 0.5) is 5.69 Å². The minimum absolute atomic E-state index is 0.0205. The molecule has 3 atom stereocenters. The number of hydrogen-bond donors (Lipinski definition) is 3. The van der Waals surface area contributed by atoms with Crippen molar-refractivity contribution in [3.05, 3.63) is 90.0 Å². The van der Waals surface area contributed by atoms with Gasteiger partial charge in [0, 0.05) is 30.6 Å². The Hall–Kier alpha value is -3.60. The van der Waals surface area contributed by atoms with E-state index in [0.717, 1.165) is 35.3 Å². The quantitative estimate of drug-likeness (QED) is 0.377. The second kappa shape index (κ2) is 11.0. The van der Waals surface area contributed by atoms with Crippen molar-refractivity contribution in [3.63, 3.8) is 0 Å². The molecule has 0 fully saturated rings. The lowest BCUT2D eigenvalue weighted by atomic mass is 9.94. The Labute approximate surface area is 201 Å². The molecule has 1 amide bonds. The third-order valence-electron chi connectivity index (χ3n) is 6.63. The zero-order chi connectivity index (χ0) is 23.9. The van der Waals surface area contributed by atoms with E-state index in [-0.39, 0.29) is 11.9 Å². The highest BCUT2D eigenvalue weighted by atomic mass is 16.4. The van der Waals surface area contributed by atoms with Crippen molar-refractivity contribution in [2.24, 2.45) is 5.92 Å². The minimum Gasteiger partial charge on any atom is -0.481 e. The van der Waals surface area contributed by atoms with Crippen LogP contribution in [0.1, 0.15) is 43.2 Å². The SMILES string of the molecule is C[C@H](C[C@@H](Cc1ccc(-c2ccccc2)cc1)NC(=O)CCC1CNc2ccccc21)C(=O)O. The number of rotatable bonds is 10. The summed E-state index contributed by atoms with van der Waals surface area (Å²) in [5.74, 6) is -1.07. The topological polar surface area (TPSA) is 78.4 Å². The van der Waals surface area contributed by atoms with E-state index in [9.17, 15) is 14.7 Å². The molecule has 0 spiro atoms. The third-order valence-corrected chi connectivity index (χ3v) is 6.63. The van der Waals surface area contributed by atoms with Crippen LogP contribution in [-0.2, 0) is 16.0 Å². The van der Waals surface area contributed by atoms with Gasteiger partial charge in [0.05, 0.1) is 5.92 Å². The number of carbonyl (C=O) groups is 2. The second-order valence-electron chi connectivity index (χ2n) is 9.21. The molecule has 1 aliphatic rings. The van der Waals surface area contributed by atoms with E-state index in [0.29, 0.717) is 25.2 Å². The monoisotopic (exact) mass is 456 g/mol. The summed E-state index contributed by atoms with van der Waals surface area (Å²) in [6.45, 7) is 2.54. The van der Waals surface area contributed by atoms with Gasteiger partial charge >= 0.3 is 5.97 Å². The van der Waals surface area contributed by atoms with Crippen molar-refractivity contribution in [2.75, 3.05) is 11.9 Å². The Bertz CT molecular complexity index is 1110. The molecule has 1 aliphatic heterocycles. The predicted octanol–water partition coefficient (Wildman–Crippen LogP) is 5.48. The number of benzene rings is 3. The fourth-order valence-electron chi connectivity index (χ4n) is 4.69. The second-order valence-corrected chi connectivity index (χ2v) is 9.21. The van der Waals surface area contributed by atoms with Crippen molar-refractivity contribution in [2.45, 2.75) is 44.6 Å². The highest BCUT2D eigenvalue weighted by molar-refractivity contribution is 5.77. The van der Waals surface area contributed by atoms with Crippen molar-refractivity contribution < 1.29 is 14.7 Å². The van der Waals surface area contributed by atoms with Crippen LogP contribution in [0.15, 0.2) is 78.9 Å². The van der Waals surface area contributed by atoms with Crippen molar-refractivity contribution in [1.82, 2.24) is 5.32 Å². The zero-order valence-electron chi connectivity index (χ0n) is 19.5. The number of carbonyl (C=O) groups excluding carboxylic acids is 1.